The summed E-state index contributed by atoms with van der Waals surface area (Å²) in [6.45, 7) is 9.27. The smallest absolute Gasteiger partial charge is 0.254 e. The highest BCUT2D eigenvalue weighted by Gasteiger charge is 2.25. The maximum Gasteiger partial charge on any atom is 0.254 e. The molecule has 0 spiro atoms. The first-order valence-corrected chi connectivity index (χ1v) is 11.5. The summed E-state index contributed by atoms with van der Waals surface area (Å²) in [5.41, 5.74) is 3.71. The normalized spacial score (nSPS) is 14.5. The number of rotatable bonds is 6. The van der Waals surface area contributed by atoms with E-state index in [1.807, 2.05) is 34.1 Å². The van der Waals surface area contributed by atoms with Gasteiger partial charge in [0.25, 0.3) is 5.91 Å². The molecule has 1 aliphatic rings. The second-order valence-electron chi connectivity index (χ2n) is 9.53. The predicted molar refractivity (Wildman–Crippen MR) is 128 cm³/mol. The van der Waals surface area contributed by atoms with Gasteiger partial charge in [0.05, 0.1) is 24.0 Å². The van der Waals surface area contributed by atoms with Crippen LogP contribution in [0.5, 0.6) is 5.75 Å². The minimum Gasteiger partial charge on any atom is -0.494 e. The molecule has 0 saturated carbocycles. The number of piperazine rings is 1. The number of hydrogen-bond donors (Lipinski definition) is 1. The van der Waals surface area contributed by atoms with E-state index in [0.29, 0.717) is 51.2 Å². The number of nitrogens with zero attached hydrogens (tertiary/aromatic N) is 3. The van der Waals surface area contributed by atoms with E-state index >= 15 is 0 Å². The maximum atomic E-state index is 12.8. The molecule has 4 rings (SSSR count). The van der Waals surface area contributed by atoms with Gasteiger partial charge in [-0.3, -0.25) is 9.59 Å². The highest BCUT2D eigenvalue weighted by molar-refractivity contribution is 5.97. The maximum absolute atomic E-state index is 12.8. The third-order valence-electron chi connectivity index (χ3n) is 6.11. The number of ether oxygens (including phenoxy) is 1. The Bertz CT molecular complexity index is 1110. The molecule has 7 heteroatoms. The van der Waals surface area contributed by atoms with E-state index in [9.17, 15) is 9.59 Å². The topological polar surface area (TPSA) is 78.5 Å². The third-order valence-corrected chi connectivity index (χ3v) is 6.11. The van der Waals surface area contributed by atoms with Gasteiger partial charge in [-0.15, -0.1) is 0 Å². The van der Waals surface area contributed by atoms with Crippen LogP contribution in [0.3, 0.4) is 0 Å². The highest BCUT2D eigenvalue weighted by Crippen LogP contribution is 2.24. The molecule has 0 unspecified atom stereocenters. The average Bonchev–Trinajstić information content (AvgIpc) is 3.29. The third kappa shape index (κ3) is 5.53. The van der Waals surface area contributed by atoms with Crippen LogP contribution in [0.2, 0.25) is 0 Å². The summed E-state index contributed by atoms with van der Waals surface area (Å²) in [4.78, 5) is 36.3. The Balaban J connectivity index is 1.19. The zero-order chi connectivity index (χ0) is 23.4. The van der Waals surface area contributed by atoms with Crippen molar-refractivity contribution in [2.24, 2.45) is 0 Å². The number of hydrogen-bond acceptors (Lipinski definition) is 4. The first-order chi connectivity index (χ1) is 15.8. The first-order valence-electron chi connectivity index (χ1n) is 11.5. The zero-order valence-electron chi connectivity index (χ0n) is 19.6. The second kappa shape index (κ2) is 9.65. The molecular weight excluding hydrogens is 416 g/mol. The Hall–Kier alpha value is -3.35. The number of aromatic amines is 1. The predicted octanol–water partition coefficient (Wildman–Crippen LogP) is 4.00. The van der Waals surface area contributed by atoms with Gasteiger partial charge in [-0.1, -0.05) is 32.9 Å². The fourth-order valence-electron chi connectivity index (χ4n) is 4.03. The number of carbonyl (C=O) groups excluding carboxylic acids is 2. The molecule has 1 saturated heterocycles. The van der Waals surface area contributed by atoms with Crippen LogP contribution in [0, 0.1) is 0 Å². The van der Waals surface area contributed by atoms with E-state index in [-0.39, 0.29) is 17.2 Å². The van der Waals surface area contributed by atoms with E-state index in [4.69, 9.17) is 4.74 Å². The van der Waals surface area contributed by atoms with Crippen molar-refractivity contribution in [2.45, 2.75) is 39.0 Å². The van der Waals surface area contributed by atoms with Gasteiger partial charge in [-0.2, -0.15) is 0 Å². The van der Waals surface area contributed by atoms with Crippen LogP contribution < -0.4 is 4.74 Å². The van der Waals surface area contributed by atoms with Gasteiger partial charge in [-0.25, -0.2) is 4.98 Å². The molecule has 1 aliphatic heterocycles. The Labute approximate surface area is 194 Å². The lowest BCUT2D eigenvalue weighted by Gasteiger charge is -2.35. The number of fused-ring (bicyclic) bond motifs is 1. The van der Waals surface area contributed by atoms with Crippen molar-refractivity contribution < 1.29 is 14.3 Å². The summed E-state index contributed by atoms with van der Waals surface area (Å²) in [5.74, 6) is 0.938. The lowest BCUT2D eigenvalue weighted by atomic mass is 9.87. The standard InChI is InChI=1S/C26H32N4O3/c1-26(2,3)20-7-9-21(10-8-20)33-16-4-5-24(31)29-12-14-30(15-13-29)25(32)19-6-11-22-23(17-19)28-18-27-22/h6-11,17-18H,4-5,12-16H2,1-3H3,(H,27,28). The molecule has 2 amide bonds. The van der Waals surface area contributed by atoms with Crippen molar-refractivity contribution in [1.82, 2.24) is 19.8 Å². The molecule has 174 valence electrons. The van der Waals surface area contributed by atoms with E-state index in [1.54, 1.807) is 12.4 Å². The number of amides is 2. The summed E-state index contributed by atoms with van der Waals surface area (Å²) >= 11 is 0. The number of nitrogens with one attached hydrogen (secondary N) is 1. The van der Waals surface area contributed by atoms with Crippen molar-refractivity contribution in [1.29, 1.82) is 0 Å². The second-order valence-corrected chi connectivity index (χ2v) is 9.53. The summed E-state index contributed by atoms with van der Waals surface area (Å²) in [5, 5.41) is 0. The molecule has 2 aromatic carbocycles. The SMILES string of the molecule is CC(C)(C)c1ccc(OCCCC(=O)N2CCN(C(=O)c3ccc4nc[nH]c4c3)CC2)cc1. The molecule has 0 radical (unpaired) electrons. The van der Waals surface area contributed by atoms with Crippen molar-refractivity contribution in [3.8, 4) is 5.75 Å². The Kier molecular flexibility index (Phi) is 6.67. The number of imidazole rings is 1. The van der Waals surface area contributed by atoms with E-state index in [1.165, 1.54) is 5.56 Å². The van der Waals surface area contributed by atoms with Crippen molar-refractivity contribution in [2.75, 3.05) is 32.8 Å². The summed E-state index contributed by atoms with van der Waals surface area (Å²) in [6, 6.07) is 13.6. The average molecular weight is 449 g/mol. The van der Waals surface area contributed by atoms with Crippen LogP contribution in [0.25, 0.3) is 11.0 Å². The Morgan fingerprint density at radius 1 is 1.00 bits per heavy atom. The molecule has 2 heterocycles. The first kappa shape index (κ1) is 22.8. The molecule has 0 bridgehead atoms. The molecule has 7 nitrogen and oxygen atoms in total. The molecule has 1 aromatic heterocycles. The molecule has 33 heavy (non-hydrogen) atoms. The Morgan fingerprint density at radius 3 is 2.39 bits per heavy atom. The molecule has 0 atom stereocenters. The monoisotopic (exact) mass is 448 g/mol. The fourth-order valence-corrected chi connectivity index (χ4v) is 4.03. The summed E-state index contributed by atoms with van der Waals surface area (Å²) < 4.78 is 5.80. The van der Waals surface area contributed by atoms with Crippen LogP contribution >= 0.6 is 0 Å². The van der Waals surface area contributed by atoms with Crippen LogP contribution in [0.15, 0.2) is 48.8 Å². The van der Waals surface area contributed by atoms with Gasteiger partial charge < -0.3 is 19.5 Å². The number of aromatic nitrogens is 2. The number of benzene rings is 2. The largest absolute Gasteiger partial charge is 0.494 e. The zero-order valence-corrected chi connectivity index (χ0v) is 19.6. The van der Waals surface area contributed by atoms with Gasteiger partial charge in [0.1, 0.15) is 5.75 Å². The van der Waals surface area contributed by atoms with Crippen LogP contribution in [-0.4, -0.2) is 64.4 Å². The van der Waals surface area contributed by atoms with E-state index in [0.717, 1.165) is 16.8 Å². The van der Waals surface area contributed by atoms with Gasteiger partial charge in [0.15, 0.2) is 0 Å². The number of H-pyrrole nitrogens is 1. The van der Waals surface area contributed by atoms with Gasteiger partial charge in [0, 0.05) is 38.2 Å². The molecule has 1 N–H and O–H groups in total. The lowest BCUT2D eigenvalue weighted by molar-refractivity contribution is -0.132. The van der Waals surface area contributed by atoms with Crippen molar-refractivity contribution >= 4 is 22.8 Å². The van der Waals surface area contributed by atoms with Crippen molar-refractivity contribution in [3.05, 3.63) is 59.9 Å². The number of carbonyl (C=O) groups is 2. The van der Waals surface area contributed by atoms with Crippen LogP contribution in [0.4, 0.5) is 0 Å². The van der Waals surface area contributed by atoms with Gasteiger partial charge >= 0.3 is 0 Å². The Morgan fingerprint density at radius 2 is 1.70 bits per heavy atom. The highest BCUT2D eigenvalue weighted by atomic mass is 16.5. The fraction of sp³-hybridized carbons (Fsp3) is 0.423. The quantitative estimate of drug-likeness (QED) is 0.578. The van der Waals surface area contributed by atoms with Gasteiger partial charge in [0.2, 0.25) is 5.91 Å². The summed E-state index contributed by atoms with van der Waals surface area (Å²) in [7, 11) is 0. The van der Waals surface area contributed by atoms with Crippen LogP contribution in [0.1, 0.15) is 49.5 Å². The minimum absolute atomic E-state index is 0.00974. The van der Waals surface area contributed by atoms with E-state index < -0.39 is 0 Å². The van der Waals surface area contributed by atoms with E-state index in [2.05, 4.69) is 42.9 Å². The molecule has 3 aromatic rings. The lowest BCUT2D eigenvalue weighted by Crippen LogP contribution is -2.50. The van der Waals surface area contributed by atoms with Crippen LogP contribution in [-0.2, 0) is 10.2 Å². The molecule has 1 fully saturated rings. The van der Waals surface area contributed by atoms with Crippen molar-refractivity contribution in [3.63, 3.8) is 0 Å². The van der Waals surface area contributed by atoms with Gasteiger partial charge in [-0.05, 0) is 47.7 Å². The molecular formula is C26H32N4O3. The summed E-state index contributed by atoms with van der Waals surface area (Å²) in [6.07, 6.45) is 2.74. The molecule has 0 aliphatic carbocycles. The minimum atomic E-state index is -0.00974.